The minimum absolute atomic E-state index is 0.560. The van der Waals surface area contributed by atoms with Gasteiger partial charge in [0.25, 0.3) is 0 Å². The summed E-state index contributed by atoms with van der Waals surface area (Å²) in [4.78, 5) is 11.6. The van der Waals surface area contributed by atoms with E-state index in [0.717, 1.165) is 31.6 Å². The van der Waals surface area contributed by atoms with Gasteiger partial charge in [-0.15, -0.1) is 0 Å². The van der Waals surface area contributed by atoms with Gasteiger partial charge in [-0.3, -0.25) is 0 Å². The van der Waals surface area contributed by atoms with Crippen molar-refractivity contribution in [3.05, 3.63) is 17.6 Å². The van der Waals surface area contributed by atoms with E-state index in [4.69, 9.17) is 0 Å². The average Bonchev–Trinajstić information content (AvgIpc) is 2.73. The van der Waals surface area contributed by atoms with Crippen molar-refractivity contribution in [3.8, 4) is 0 Å². The molecule has 0 spiro atoms. The molecule has 0 saturated heterocycles. The van der Waals surface area contributed by atoms with Crippen LogP contribution in [-0.2, 0) is 12.8 Å². The Labute approximate surface area is 105 Å². The van der Waals surface area contributed by atoms with Crippen LogP contribution < -0.4 is 4.90 Å². The Morgan fingerprint density at radius 1 is 1.44 bits per heavy atom. The Kier molecular flexibility index (Phi) is 3.79. The first kappa shape index (κ1) is 11.8. The van der Waals surface area contributed by atoms with Gasteiger partial charge < -0.3 is 4.90 Å². The summed E-state index contributed by atoms with van der Waals surface area (Å²) in [6, 6.07) is 0. The molecule has 0 aliphatic heterocycles. The molecule has 1 aromatic heterocycles. The molecule has 0 fully saturated rings. The number of nitrogens with zero attached hydrogens (tertiary/aromatic N) is 3. The van der Waals surface area contributed by atoms with E-state index in [9.17, 15) is 0 Å². The van der Waals surface area contributed by atoms with E-state index in [0.29, 0.717) is 4.83 Å². The summed E-state index contributed by atoms with van der Waals surface area (Å²) < 4.78 is 0. The lowest BCUT2D eigenvalue weighted by molar-refractivity contribution is 0.772. The number of anilines is 1. The van der Waals surface area contributed by atoms with Crippen molar-refractivity contribution in [3.63, 3.8) is 0 Å². The molecule has 1 atom stereocenters. The minimum Gasteiger partial charge on any atom is -0.359 e. The summed E-state index contributed by atoms with van der Waals surface area (Å²) in [5.74, 6) is 1.13. The number of fused-ring (bicyclic) bond motifs is 1. The first-order valence-electron chi connectivity index (χ1n) is 5.86. The van der Waals surface area contributed by atoms with E-state index in [1.54, 1.807) is 6.33 Å². The van der Waals surface area contributed by atoms with Gasteiger partial charge in [-0.1, -0.05) is 22.9 Å². The molecule has 1 unspecified atom stereocenters. The van der Waals surface area contributed by atoms with Gasteiger partial charge in [-0.2, -0.15) is 0 Å². The van der Waals surface area contributed by atoms with Crippen molar-refractivity contribution in [2.24, 2.45) is 0 Å². The standard InChI is InChI=1S/C12H18BrN3/c1-9(13)6-7-16(2)12-10-4-3-5-11(10)14-8-15-12/h8-9H,3-7H2,1-2H3. The summed E-state index contributed by atoms with van der Waals surface area (Å²) in [7, 11) is 2.12. The SMILES string of the molecule is CC(Br)CCN(C)c1ncnc2c1CCC2. The summed E-state index contributed by atoms with van der Waals surface area (Å²) in [6.45, 7) is 3.22. The van der Waals surface area contributed by atoms with Gasteiger partial charge in [0.05, 0.1) is 0 Å². The normalized spacial score (nSPS) is 15.9. The van der Waals surface area contributed by atoms with Crippen LogP contribution in [0.1, 0.15) is 31.0 Å². The maximum Gasteiger partial charge on any atom is 0.135 e. The topological polar surface area (TPSA) is 29.0 Å². The van der Waals surface area contributed by atoms with E-state index in [1.807, 2.05) is 0 Å². The van der Waals surface area contributed by atoms with Crippen molar-refractivity contribution < 1.29 is 0 Å². The van der Waals surface area contributed by atoms with Gasteiger partial charge in [0.2, 0.25) is 0 Å². The fourth-order valence-corrected chi connectivity index (χ4v) is 2.35. The molecule has 4 heteroatoms. The summed E-state index contributed by atoms with van der Waals surface area (Å²) in [5, 5.41) is 0. The largest absolute Gasteiger partial charge is 0.359 e. The zero-order valence-corrected chi connectivity index (χ0v) is 11.5. The van der Waals surface area contributed by atoms with Gasteiger partial charge in [-0.05, 0) is 25.7 Å². The summed E-state index contributed by atoms with van der Waals surface area (Å²) in [6.07, 6.45) is 6.32. The maximum absolute atomic E-state index is 4.43. The highest BCUT2D eigenvalue weighted by molar-refractivity contribution is 9.09. The number of aromatic nitrogens is 2. The molecule has 1 aliphatic carbocycles. The van der Waals surface area contributed by atoms with Crippen LogP contribution in [0.3, 0.4) is 0 Å². The molecular formula is C12H18BrN3. The Hall–Kier alpha value is -0.640. The molecule has 16 heavy (non-hydrogen) atoms. The fraction of sp³-hybridized carbons (Fsp3) is 0.667. The Bertz CT molecular complexity index is 365. The molecule has 0 N–H and O–H groups in total. The maximum atomic E-state index is 4.43. The van der Waals surface area contributed by atoms with Gasteiger partial charge >= 0.3 is 0 Å². The zero-order valence-electron chi connectivity index (χ0n) is 9.91. The Balaban J connectivity index is 2.11. The number of aryl methyl sites for hydroxylation is 1. The van der Waals surface area contributed by atoms with E-state index >= 15 is 0 Å². The average molecular weight is 284 g/mol. The van der Waals surface area contributed by atoms with Gasteiger partial charge in [0.1, 0.15) is 12.1 Å². The Morgan fingerprint density at radius 3 is 3.00 bits per heavy atom. The summed E-state index contributed by atoms with van der Waals surface area (Å²) in [5.41, 5.74) is 2.62. The van der Waals surface area contributed by atoms with Crippen molar-refractivity contribution in [1.82, 2.24) is 9.97 Å². The van der Waals surface area contributed by atoms with Crippen molar-refractivity contribution in [2.45, 2.75) is 37.4 Å². The molecule has 0 saturated carbocycles. The Morgan fingerprint density at radius 2 is 2.25 bits per heavy atom. The summed E-state index contributed by atoms with van der Waals surface area (Å²) >= 11 is 3.58. The third-order valence-corrected chi connectivity index (χ3v) is 3.53. The smallest absolute Gasteiger partial charge is 0.135 e. The molecule has 0 radical (unpaired) electrons. The van der Waals surface area contributed by atoms with Crippen molar-refractivity contribution >= 4 is 21.7 Å². The number of hydrogen-bond donors (Lipinski definition) is 0. The monoisotopic (exact) mass is 283 g/mol. The lowest BCUT2D eigenvalue weighted by Gasteiger charge is -2.21. The third kappa shape index (κ3) is 2.54. The van der Waals surface area contributed by atoms with Crippen LogP contribution in [0.2, 0.25) is 0 Å². The third-order valence-electron chi connectivity index (χ3n) is 3.08. The van der Waals surface area contributed by atoms with Gasteiger partial charge in [0.15, 0.2) is 0 Å². The van der Waals surface area contributed by atoms with Crippen LogP contribution in [0, 0.1) is 0 Å². The highest BCUT2D eigenvalue weighted by atomic mass is 79.9. The first-order chi connectivity index (χ1) is 7.68. The second-order valence-corrected chi connectivity index (χ2v) is 6.03. The van der Waals surface area contributed by atoms with Crippen molar-refractivity contribution in [2.75, 3.05) is 18.5 Å². The minimum atomic E-state index is 0.560. The molecule has 1 aliphatic rings. The first-order valence-corrected chi connectivity index (χ1v) is 6.78. The van der Waals surface area contributed by atoms with E-state index in [2.05, 4.69) is 44.8 Å². The van der Waals surface area contributed by atoms with Crippen LogP contribution in [0.4, 0.5) is 5.82 Å². The second-order valence-electron chi connectivity index (χ2n) is 4.47. The molecule has 1 aromatic rings. The molecular weight excluding hydrogens is 266 g/mol. The van der Waals surface area contributed by atoms with Crippen LogP contribution in [0.15, 0.2) is 6.33 Å². The van der Waals surface area contributed by atoms with E-state index < -0.39 is 0 Å². The molecule has 0 bridgehead atoms. The number of alkyl halides is 1. The van der Waals surface area contributed by atoms with Crippen LogP contribution in [-0.4, -0.2) is 28.4 Å². The molecule has 1 heterocycles. The lowest BCUT2D eigenvalue weighted by Crippen LogP contribution is -2.23. The van der Waals surface area contributed by atoms with Crippen molar-refractivity contribution in [1.29, 1.82) is 0 Å². The number of hydrogen-bond acceptors (Lipinski definition) is 3. The lowest BCUT2D eigenvalue weighted by atomic mass is 10.2. The van der Waals surface area contributed by atoms with Crippen LogP contribution in [0.5, 0.6) is 0 Å². The predicted octanol–water partition coefficient (Wildman–Crippen LogP) is 2.58. The van der Waals surface area contributed by atoms with Crippen LogP contribution >= 0.6 is 15.9 Å². The second kappa shape index (κ2) is 5.13. The molecule has 88 valence electrons. The van der Waals surface area contributed by atoms with E-state index in [-0.39, 0.29) is 0 Å². The molecule has 0 aromatic carbocycles. The highest BCUT2D eigenvalue weighted by Gasteiger charge is 2.19. The molecule has 0 amide bonds. The molecule has 3 nitrogen and oxygen atoms in total. The van der Waals surface area contributed by atoms with Gasteiger partial charge in [-0.25, -0.2) is 9.97 Å². The molecule has 2 rings (SSSR count). The van der Waals surface area contributed by atoms with Gasteiger partial charge in [0, 0.05) is 29.7 Å². The van der Waals surface area contributed by atoms with Crippen LogP contribution in [0.25, 0.3) is 0 Å². The highest BCUT2D eigenvalue weighted by Crippen LogP contribution is 2.27. The predicted molar refractivity (Wildman–Crippen MR) is 70.3 cm³/mol. The fourth-order valence-electron chi connectivity index (χ4n) is 2.15. The number of rotatable bonds is 4. The zero-order chi connectivity index (χ0) is 11.5. The van der Waals surface area contributed by atoms with E-state index in [1.165, 1.54) is 17.7 Å². The number of halogens is 1. The quantitative estimate of drug-likeness (QED) is 0.796.